The van der Waals surface area contributed by atoms with Crippen molar-refractivity contribution in [2.45, 2.75) is 26.4 Å². The monoisotopic (exact) mass is 358 g/mol. The van der Waals surface area contributed by atoms with Crippen LogP contribution >= 0.6 is 0 Å². The van der Waals surface area contributed by atoms with Crippen LogP contribution in [0.4, 0.5) is 0 Å². The molecule has 1 aromatic heterocycles. The van der Waals surface area contributed by atoms with E-state index in [4.69, 9.17) is 9.15 Å². The third kappa shape index (κ3) is 5.26. The molecule has 2 rings (SSSR count). The van der Waals surface area contributed by atoms with Crippen molar-refractivity contribution in [2.24, 2.45) is 4.99 Å². The fraction of sp³-hybridized carbons (Fsp3) is 0.450. The number of likely N-dealkylation sites (N-methyl/N-ethyl adjacent to an activating group) is 1. The number of hydrogen-bond donors (Lipinski definition) is 2. The van der Waals surface area contributed by atoms with Gasteiger partial charge in [0.15, 0.2) is 5.96 Å². The van der Waals surface area contributed by atoms with Gasteiger partial charge in [0.05, 0.1) is 19.4 Å². The van der Waals surface area contributed by atoms with Crippen molar-refractivity contribution in [1.29, 1.82) is 0 Å². The number of furan rings is 1. The summed E-state index contributed by atoms with van der Waals surface area (Å²) < 4.78 is 11.0. The Hall–Kier alpha value is -2.47. The van der Waals surface area contributed by atoms with Crippen LogP contribution < -0.4 is 15.4 Å². The maximum Gasteiger partial charge on any atom is 0.191 e. The van der Waals surface area contributed by atoms with Crippen molar-refractivity contribution in [2.75, 3.05) is 33.8 Å². The van der Waals surface area contributed by atoms with Crippen LogP contribution in [-0.4, -0.2) is 44.7 Å². The van der Waals surface area contributed by atoms with Crippen molar-refractivity contribution in [3.63, 3.8) is 0 Å². The van der Waals surface area contributed by atoms with Crippen LogP contribution in [0, 0.1) is 0 Å². The second-order valence-corrected chi connectivity index (χ2v) is 5.87. The molecular weight excluding hydrogens is 328 g/mol. The number of rotatable bonds is 9. The van der Waals surface area contributed by atoms with E-state index in [0.717, 1.165) is 36.1 Å². The minimum atomic E-state index is 0.157. The summed E-state index contributed by atoms with van der Waals surface area (Å²) in [6.07, 6.45) is 1.72. The van der Waals surface area contributed by atoms with Gasteiger partial charge in [0.1, 0.15) is 11.5 Å². The maximum absolute atomic E-state index is 5.65. The zero-order valence-electron chi connectivity index (χ0n) is 16.2. The molecule has 0 spiro atoms. The van der Waals surface area contributed by atoms with Gasteiger partial charge >= 0.3 is 0 Å². The molecule has 0 fully saturated rings. The van der Waals surface area contributed by atoms with Crippen LogP contribution in [0.25, 0.3) is 0 Å². The first-order valence-corrected chi connectivity index (χ1v) is 9.07. The minimum absolute atomic E-state index is 0.157. The van der Waals surface area contributed by atoms with Gasteiger partial charge in [-0.05, 0) is 31.3 Å². The van der Waals surface area contributed by atoms with Gasteiger partial charge in [0.25, 0.3) is 0 Å². The van der Waals surface area contributed by atoms with Crippen molar-refractivity contribution < 1.29 is 9.15 Å². The van der Waals surface area contributed by atoms with E-state index in [1.165, 1.54) is 0 Å². The van der Waals surface area contributed by atoms with Gasteiger partial charge in [-0.15, -0.1) is 0 Å². The second kappa shape index (κ2) is 10.5. The third-order valence-electron chi connectivity index (χ3n) is 4.45. The van der Waals surface area contributed by atoms with Crippen LogP contribution in [0.2, 0.25) is 0 Å². The predicted molar refractivity (Wildman–Crippen MR) is 106 cm³/mol. The molecule has 1 unspecified atom stereocenters. The Morgan fingerprint density at radius 3 is 2.54 bits per heavy atom. The summed E-state index contributed by atoms with van der Waals surface area (Å²) in [6.45, 7) is 7.58. The Balaban J connectivity index is 1.98. The molecule has 0 amide bonds. The molecule has 2 N–H and O–H groups in total. The second-order valence-electron chi connectivity index (χ2n) is 5.87. The van der Waals surface area contributed by atoms with Gasteiger partial charge in [-0.25, -0.2) is 0 Å². The van der Waals surface area contributed by atoms with Crippen molar-refractivity contribution >= 4 is 5.96 Å². The Morgan fingerprint density at radius 1 is 1.15 bits per heavy atom. The number of benzene rings is 1. The summed E-state index contributed by atoms with van der Waals surface area (Å²) >= 11 is 0. The van der Waals surface area contributed by atoms with E-state index in [1.54, 1.807) is 20.4 Å². The van der Waals surface area contributed by atoms with Gasteiger partial charge < -0.3 is 19.8 Å². The molecule has 142 valence electrons. The lowest BCUT2D eigenvalue weighted by Crippen LogP contribution is -2.43. The summed E-state index contributed by atoms with van der Waals surface area (Å²) in [7, 11) is 3.46. The molecule has 6 nitrogen and oxygen atoms in total. The van der Waals surface area contributed by atoms with E-state index >= 15 is 0 Å². The largest absolute Gasteiger partial charge is 0.496 e. The Bertz CT molecular complexity index is 666. The quantitative estimate of drug-likeness (QED) is 0.533. The lowest BCUT2D eigenvalue weighted by atomic mass is 10.2. The molecule has 0 aliphatic rings. The molecule has 0 radical (unpaired) electrons. The number of methoxy groups -OCH3 is 1. The Labute approximate surface area is 156 Å². The summed E-state index contributed by atoms with van der Waals surface area (Å²) in [6, 6.07) is 12.1. The maximum atomic E-state index is 5.65. The summed E-state index contributed by atoms with van der Waals surface area (Å²) in [5, 5.41) is 6.76. The summed E-state index contributed by atoms with van der Waals surface area (Å²) in [5.74, 6) is 2.58. The standard InChI is InChI=1S/C20H30N4O2/c1-5-24(6-2)17(19-12-9-13-26-19)15-23-20(21-3)22-14-16-10-7-8-11-18(16)25-4/h7-13,17H,5-6,14-15H2,1-4H3,(H2,21,22,23). The van der Waals surface area contributed by atoms with E-state index in [-0.39, 0.29) is 6.04 Å². The molecule has 2 aromatic rings. The lowest BCUT2D eigenvalue weighted by Gasteiger charge is -2.28. The van der Waals surface area contributed by atoms with E-state index in [2.05, 4.69) is 34.4 Å². The van der Waals surface area contributed by atoms with Crippen molar-refractivity contribution in [3.8, 4) is 5.75 Å². The predicted octanol–water partition coefficient (Wildman–Crippen LogP) is 3.04. The van der Waals surface area contributed by atoms with E-state index in [9.17, 15) is 0 Å². The molecule has 0 aliphatic carbocycles. The number of nitrogens with zero attached hydrogens (tertiary/aromatic N) is 2. The first kappa shape index (κ1) is 19.8. The van der Waals surface area contributed by atoms with Gasteiger partial charge in [-0.3, -0.25) is 9.89 Å². The highest BCUT2D eigenvalue weighted by molar-refractivity contribution is 5.79. The van der Waals surface area contributed by atoms with Crippen LogP contribution in [0.15, 0.2) is 52.1 Å². The molecular formula is C20H30N4O2. The topological polar surface area (TPSA) is 62.0 Å². The molecule has 1 heterocycles. The summed E-state index contributed by atoms with van der Waals surface area (Å²) in [5.41, 5.74) is 1.09. The SMILES string of the molecule is CCN(CC)C(CNC(=NC)NCc1ccccc1OC)c1ccco1. The molecule has 1 aromatic carbocycles. The van der Waals surface area contributed by atoms with Gasteiger partial charge in [-0.2, -0.15) is 0 Å². The Morgan fingerprint density at radius 2 is 1.92 bits per heavy atom. The number of guanidine groups is 1. The van der Waals surface area contributed by atoms with E-state index in [1.807, 2.05) is 36.4 Å². The zero-order chi connectivity index (χ0) is 18.8. The van der Waals surface area contributed by atoms with E-state index in [0.29, 0.717) is 13.1 Å². The first-order chi connectivity index (χ1) is 12.7. The number of hydrogen-bond acceptors (Lipinski definition) is 4. The van der Waals surface area contributed by atoms with Crippen LogP contribution in [0.3, 0.4) is 0 Å². The fourth-order valence-corrected chi connectivity index (χ4v) is 3.00. The highest BCUT2D eigenvalue weighted by Crippen LogP contribution is 2.20. The van der Waals surface area contributed by atoms with Gasteiger partial charge in [0, 0.05) is 25.7 Å². The molecule has 0 bridgehead atoms. The van der Waals surface area contributed by atoms with Crippen LogP contribution in [-0.2, 0) is 6.54 Å². The molecule has 1 atom stereocenters. The smallest absolute Gasteiger partial charge is 0.191 e. The van der Waals surface area contributed by atoms with Crippen LogP contribution in [0.1, 0.15) is 31.2 Å². The van der Waals surface area contributed by atoms with Crippen molar-refractivity contribution in [1.82, 2.24) is 15.5 Å². The number of para-hydroxylation sites is 1. The molecule has 6 heteroatoms. The average molecular weight is 358 g/mol. The molecule has 0 saturated heterocycles. The molecule has 0 saturated carbocycles. The minimum Gasteiger partial charge on any atom is -0.496 e. The van der Waals surface area contributed by atoms with Gasteiger partial charge in [0.2, 0.25) is 0 Å². The highest BCUT2D eigenvalue weighted by Gasteiger charge is 2.20. The van der Waals surface area contributed by atoms with E-state index < -0.39 is 0 Å². The van der Waals surface area contributed by atoms with Gasteiger partial charge in [-0.1, -0.05) is 32.0 Å². The fourth-order valence-electron chi connectivity index (χ4n) is 3.00. The Kier molecular flexibility index (Phi) is 8.02. The first-order valence-electron chi connectivity index (χ1n) is 9.07. The zero-order valence-corrected chi connectivity index (χ0v) is 16.2. The number of ether oxygens (including phenoxy) is 1. The molecule has 0 aliphatic heterocycles. The lowest BCUT2D eigenvalue weighted by molar-refractivity contribution is 0.193. The van der Waals surface area contributed by atoms with Crippen LogP contribution in [0.5, 0.6) is 5.75 Å². The third-order valence-corrected chi connectivity index (χ3v) is 4.45. The average Bonchev–Trinajstić information content (AvgIpc) is 3.22. The molecule has 26 heavy (non-hydrogen) atoms. The highest BCUT2D eigenvalue weighted by atomic mass is 16.5. The summed E-state index contributed by atoms with van der Waals surface area (Å²) in [4.78, 5) is 6.69. The number of nitrogens with one attached hydrogen (secondary N) is 2. The number of aliphatic imine (C=N–C) groups is 1. The normalized spacial score (nSPS) is 12.9. The van der Waals surface area contributed by atoms with Crippen molar-refractivity contribution in [3.05, 3.63) is 54.0 Å².